The molecule has 2 unspecified atom stereocenters. The van der Waals surface area contributed by atoms with E-state index in [1.165, 1.54) is 17.0 Å². The quantitative estimate of drug-likeness (QED) is 0.593. The number of hydrogen-bond acceptors (Lipinski definition) is 6. The highest BCUT2D eigenvalue weighted by Gasteiger charge is 2.49. The molecule has 1 saturated heterocycles. The zero-order valence-electron chi connectivity index (χ0n) is 15.6. The number of hydrogen-bond donors (Lipinski definition) is 2. The van der Waals surface area contributed by atoms with Crippen LogP contribution in [0.5, 0.6) is 5.75 Å². The minimum Gasteiger partial charge on any atom is -0.508 e. The van der Waals surface area contributed by atoms with Crippen molar-refractivity contribution in [2.45, 2.75) is 31.5 Å². The summed E-state index contributed by atoms with van der Waals surface area (Å²) < 4.78 is 7.61. The van der Waals surface area contributed by atoms with Crippen molar-refractivity contribution in [2.75, 3.05) is 6.54 Å². The zero-order chi connectivity index (χ0) is 20.4. The number of aromatic hydroxyl groups is 1. The van der Waals surface area contributed by atoms with Gasteiger partial charge in [-0.05, 0) is 36.2 Å². The van der Waals surface area contributed by atoms with Gasteiger partial charge in [0, 0.05) is 25.5 Å². The molecule has 0 spiro atoms. The molecule has 29 heavy (non-hydrogen) atoms. The second-order valence-electron chi connectivity index (χ2n) is 7.00. The molecule has 4 rings (SSSR count). The van der Waals surface area contributed by atoms with E-state index in [9.17, 15) is 19.8 Å². The van der Waals surface area contributed by atoms with Gasteiger partial charge in [0.1, 0.15) is 29.9 Å². The summed E-state index contributed by atoms with van der Waals surface area (Å²) in [5.74, 6) is -1.08. The smallest absolute Gasteiger partial charge is 0.291 e. The molecule has 2 aromatic heterocycles. The van der Waals surface area contributed by atoms with Crippen molar-refractivity contribution in [1.82, 2.24) is 14.5 Å². The van der Waals surface area contributed by atoms with Crippen molar-refractivity contribution >= 4 is 11.7 Å². The number of nitrogens with zero attached hydrogens (tertiary/aromatic N) is 3. The molecule has 0 bridgehead atoms. The Balaban J connectivity index is 1.66. The molecule has 8 nitrogen and oxygen atoms in total. The van der Waals surface area contributed by atoms with E-state index in [2.05, 4.69) is 4.98 Å². The van der Waals surface area contributed by atoms with Gasteiger partial charge in [-0.2, -0.15) is 0 Å². The minimum absolute atomic E-state index is 0.0237. The number of aliphatic hydroxyl groups excluding tert-OH is 1. The first-order valence-electron chi connectivity index (χ1n) is 9.37. The van der Waals surface area contributed by atoms with Gasteiger partial charge in [0.25, 0.3) is 5.91 Å². The van der Waals surface area contributed by atoms with Crippen LogP contribution >= 0.6 is 0 Å². The van der Waals surface area contributed by atoms with Crippen LogP contribution in [-0.4, -0.2) is 42.9 Å². The van der Waals surface area contributed by atoms with Crippen LogP contribution in [0.3, 0.4) is 0 Å². The van der Waals surface area contributed by atoms with Crippen molar-refractivity contribution < 1.29 is 24.2 Å². The van der Waals surface area contributed by atoms with Crippen LogP contribution < -0.4 is 0 Å². The molecule has 1 fully saturated rings. The summed E-state index contributed by atoms with van der Waals surface area (Å²) in [6.07, 6.45) is 5.85. The normalized spacial score (nSPS) is 19.3. The SMILES string of the molecule is O=C1C(=O)N(CCCn2ccnc2)C(c2ccc(CO)o2)C1c1cccc(O)c1. The summed E-state index contributed by atoms with van der Waals surface area (Å²) in [5.41, 5.74) is 0.549. The number of carbonyl (C=O) groups is 2. The number of imidazole rings is 1. The average molecular weight is 395 g/mol. The number of carbonyl (C=O) groups excluding carboxylic acids is 2. The van der Waals surface area contributed by atoms with Crippen LogP contribution in [0.15, 0.2) is 59.5 Å². The highest BCUT2D eigenvalue weighted by molar-refractivity contribution is 6.40. The number of ketones is 1. The minimum atomic E-state index is -0.791. The van der Waals surface area contributed by atoms with Crippen LogP contribution in [-0.2, 0) is 22.7 Å². The lowest BCUT2D eigenvalue weighted by Gasteiger charge is -2.26. The molecule has 150 valence electrons. The highest BCUT2D eigenvalue weighted by atomic mass is 16.4. The van der Waals surface area contributed by atoms with E-state index in [-0.39, 0.29) is 12.4 Å². The first kappa shape index (κ1) is 18.9. The number of amides is 1. The van der Waals surface area contributed by atoms with Crippen LogP contribution in [0.1, 0.15) is 35.5 Å². The second kappa shape index (κ2) is 7.92. The Labute approximate surface area is 167 Å². The van der Waals surface area contributed by atoms with Gasteiger partial charge in [-0.1, -0.05) is 12.1 Å². The van der Waals surface area contributed by atoms with Crippen LogP contribution in [0.2, 0.25) is 0 Å². The van der Waals surface area contributed by atoms with Gasteiger partial charge < -0.3 is 24.1 Å². The Kier molecular flexibility index (Phi) is 5.18. The van der Waals surface area contributed by atoms with E-state index in [1.807, 2.05) is 10.8 Å². The van der Waals surface area contributed by atoms with E-state index < -0.39 is 23.7 Å². The lowest BCUT2D eigenvalue weighted by Crippen LogP contribution is -2.31. The predicted molar refractivity (Wildman–Crippen MR) is 102 cm³/mol. The standard InChI is InChI=1S/C21H21N3O5/c25-12-16-5-6-17(29-16)19-18(14-3-1-4-15(26)11-14)20(27)21(28)24(19)9-2-8-23-10-7-22-13-23/h1,3-7,10-11,13,18-19,25-26H,2,8-9,12H2. The Morgan fingerprint density at radius 3 is 2.69 bits per heavy atom. The fourth-order valence-corrected chi connectivity index (χ4v) is 3.82. The third-order valence-corrected chi connectivity index (χ3v) is 5.14. The maximum absolute atomic E-state index is 12.9. The largest absolute Gasteiger partial charge is 0.508 e. The monoisotopic (exact) mass is 395 g/mol. The van der Waals surface area contributed by atoms with E-state index in [0.29, 0.717) is 36.6 Å². The number of phenols is 1. The molecule has 2 N–H and O–H groups in total. The molecular formula is C21H21N3O5. The third-order valence-electron chi connectivity index (χ3n) is 5.14. The lowest BCUT2D eigenvalue weighted by molar-refractivity contribution is -0.140. The van der Waals surface area contributed by atoms with Gasteiger partial charge >= 0.3 is 0 Å². The fourth-order valence-electron chi connectivity index (χ4n) is 3.82. The Morgan fingerprint density at radius 1 is 1.14 bits per heavy atom. The van der Waals surface area contributed by atoms with Crippen LogP contribution in [0, 0.1) is 0 Å². The van der Waals surface area contributed by atoms with E-state index in [4.69, 9.17) is 4.42 Å². The number of phenolic OH excluding ortho intramolecular Hbond substituents is 1. The van der Waals surface area contributed by atoms with Crippen molar-refractivity contribution in [3.05, 3.63) is 72.2 Å². The molecule has 1 aliphatic rings. The zero-order valence-corrected chi connectivity index (χ0v) is 15.6. The van der Waals surface area contributed by atoms with E-state index >= 15 is 0 Å². The van der Waals surface area contributed by atoms with E-state index in [1.54, 1.807) is 36.8 Å². The Bertz CT molecular complexity index is 1010. The van der Waals surface area contributed by atoms with Crippen LogP contribution in [0.4, 0.5) is 0 Å². The van der Waals surface area contributed by atoms with Crippen molar-refractivity contribution in [1.29, 1.82) is 0 Å². The molecular weight excluding hydrogens is 374 g/mol. The van der Waals surface area contributed by atoms with Crippen molar-refractivity contribution in [3.63, 3.8) is 0 Å². The van der Waals surface area contributed by atoms with Crippen molar-refractivity contribution in [2.24, 2.45) is 0 Å². The molecule has 3 aromatic rings. The number of aliphatic hydroxyl groups is 1. The number of aryl methyl sites for hydroxylation is 1. The molecule has 0 aliphatic carbocycles. The summed E-state index contributed by atoms with van der Waals surface area (Å²) in [5, 5.41) is 19.2. The molecule has 1 aromatic carbocycles. The number of benzene rings is 1. The topological polar surface area (TPSA) is 109 Å². The first-order valence-corrected chi connectivity index (χ1v) is 9.37. The summed E-state index contributed by atoms with van der Waals surface area (Å²) >= 11 is 0. The van der Waals surface area contributed by atoms with Gasteiger partial charge in [0.15, 0.2) is 0 Å². The van der Waals surface area contributed by atoms with Gasteiger partial charge in [-0.15, -0.1) is 0 Å². The summed E-state index contributed by atoms with van der Waals surface area (Å²) in [7, 11) is 0. The Morgan fingerprint density at radius 2 is 2.00 bits per heavy atom. The average Bonchev–Trinajstić information content (AvgIpc) is 3.44. The molecule has 1 amide bonds. The molecule has 3 heterocycles. The maximum Gasteiger partial charge on any atom is 0.291 e. The second-order valence-corrected chi connectivity index (χ2v) is 7.00. The molecule has 8 heteroatoms. The maximum atomic E-state index is 12.9. The first-order chi connectivity index (χ1) is 14.1. The number of furan rings is 1. The Hall–Kier alpha value is -3.39. The van der Waals surface area contributed by atoms with Crippen LogP contribution in [0.25, 0.3) is 0 Å². The fraction of sp³-hybridized carbons (Fsp3) is 0.286. The molecule has 0 radical (unpaired) electrons. The summed E-state index contributed by atoms with van der Waals surface area (Å²) in [6, 6.07) is 9.04. The number of rotatable bonds is 7. The summed E-state index contributed by atoms with van der Waals surface area (Å²) in [6.45, 7) is 0.742. The molecule has 0 saturated carbocycles. The van der Waals surface area contributed by atoms with Gasteiger partial charge in [0.05, 0.1) is 12.2 Å². The third kappa shape index (κ3) is 3.66. The lowest BCUT2D eigenvalue weighted by atomic mass is 9.89. The van der Waals surface area contributed by atoms with Gasteiger partial charge in [0.2, 0.25) is 5.78 Å². The van der Waals surface area contributed by atoms with Crippen molar-refractivity contribution in [3.8, 4) is 5.75 Å². The highest BCUT2D eigenvalue weighted by Crippen LogP contribution is 2.43. The number of aromatic nitrogens is 2. The number of Topliss-reactive ketones (excluding diaryl/α,β-unsaturated/α-hetero) is 1. The van der Waals surface area contributed by atoms with Gasteiger partial charge in [-0.25, -0.2) is 4.98 Å². The summed E-state index contributed by atoms with van der Waals surface area (Å²) in [4.78, 5) is 31.3. The van der Waals surface area contributed by atoms with E-state index in [0.717, 1.165) is 0 Å². The molecule has 2 atom stereocenters. The predicted octanol–water partition coefficient (Wildman–Crippen LogP) is 2.00. The van der Waals surface area contributed by atoms with Gasteiger partial charge in [-0.3, -0.25) is 9.59 Å². The number of likely N-dealkylation sites (tertiary alicyclic amines) is 1. The molecule has 1 aliphatic heterocycles.